The number of hydrogen-bond donors (Lipinski definition) is 2. The topological polar surface area (TPSA) is 72.9 Å². The highest BCUT2D eigenvalue weighted by Gasteiger charge is 2.39. The quantitative estimate of drug-likeness (QED) is 0.331. The lowest BCUT2D eigenvalue weighted by molar-refractivity contribution is -0.133. The van der Waals surface area contributed by atoms with Gasteiger partial charge in [0.05, 0.1) is 38.2 Å². The monoisotopic (exact) mass is 613 g/mol. The lowest BCUT2D eigenvalue weighted by atomic mass is 9.78. The van der Waals surface area contributed by atoms with Gasteiger partial charge in [-0.05, 0) is 81.0 Å². The molecule has 4 rings (SSSR count). The van der Waals surface area contributed by atoms with Crippen LogP contribution in [0, 0.1) is 0 Å². The van der Waals surface area contributed by atoms with Crippen LogP contribution in [0.25, 0.3) is 0 Å². The number of amides is 2. The average molecular weight is 615 g/mol. The highest BCUT2D eigenvalue weighted by atomic mass is 35.5. The van der Waals surface area contributed by atoms with Crippen LogP contribution in [0.15, 0.2) is 36.4 Å². The summed E-state index contributed by atoms with van der Waals surface area (Å²) in [6.45, 7) is 5.68. The van der Waals surface area contributed by atoms with Crippen molar-refractivity contribution < 1.29 is 14.7 Å². The van der Waals surface area contributed by atoms with Crippen molar-refractivity contribution in [2.75, 3.05) is 26.2 Å². The average Bonchev–Trinajstić information content (AvgIpc) is 3.74. The molecule has 2 aliphatic rings. The van der Waals surface area contributed by atoms with Gasteiger partial charge in [0, 0.05) is 32.1 Å². The first-order valence-electron chi connectivity index (χ1n) is 13.4. The molecule has 39 heavy (non-hydrogen) atoms. The maximum absolute atomic E-state index is 13.9. The molecule has 1 saturated carbocycles. The van der Waals surface area contributed by atoms with Crippen molar-refractivity contribution in [3.63, 3.8) is 0 Å². The van der Waals surface area contributed by atoms with Crippen LogP contribution in [0.4, 0.5) is 0 Å². The van der Waals surface area contributed by atoms with Crippen LogP contribution in [0.2, 0.25) is 20.1 Å². The molecule has 2 aromatic carbocycles. The van der Waals surface area contributed by atoms with Crippen LogP contribution < -0.4 is 5.32 Å². The van der Waals surface area contributed by atoms with Gasteiger partial charge < -0.3 is 20.2 Å². The second kappa shape index (κ2) is 13.0. The normalized spacial score (nSPS) is 18.8. The highest BCUT2D eigenvalue weighted by Crippen LogP contribution is 2.36. The van der Waals surface area contributed by atoms with E-state index in [1.807, 2.05) is 13.0 Å². The lowest BCUT2D eigenvalue weighted by Crippen LogP contribution is -2.50. The van der Waals surface area contributed by atoms with Crippen molar-refractivity contribution >= 4 is 58.2 Å². The molecule has 2 amide bonds. The SMILES string of the molecule is CC(=O)N(C1CC1)C1CCN(CCC(C)(C(=O)N[C@H](CO)c2ccc(Cl)c(Cl)c2)c2ccc(Cl)c(Cl)c2)CC1. The number of halogens is 4. The molecule has 0 aromatic heterocycles. The molecule has 0 bridgehead atoms. The molecule has 2 atom stereocenters. The summed E-state index contributed by atoms with van der Waals surface area (Å²) in [6.07, 6.45) is 4.59. The summed E-state index contributed by atoms with van der Waals surface area (Å²) in [7, 11) is 0. The van der Waals surface area contributed by atoms with Gasteiger partial charge in [-0.15, -0.1) is 0 Å². The van der Waals surface area contributed by atoms with E-state index < -0.39 is 11.5 Å². The first-order valence-corrected chi connectivity index (χ1v) is 14.9. The fraction of sp³-hybridized carbons (Fsp3) is 0.517. The predicted molar refractivity (Wildman–Crippen MR) is 158 cm³/mol. The van der Waals surface area contributed by atoms with Gasteiger partial charge in [-0.25, -0.2) is 0 Å². The summed E-state index contributed by atoms with van der Waals surface area (Å²) < 4.78 is 0. The van der Waals surface area contributed by atoms with Crippen molar-refractivity contribution in [3.8, 4) is 0 Å². The zero-order valence-corrected chi connectivity index (χ0v) is 25.3. The van der Waals surface area contributed by atoms with Crippen LogP contribution in [0.3, 0.4) is 0 Å². The number of piperidine rings is 1. The zero-order chi connectivity index (χ0) is 28.3. The van der Waals surface area contributed by atoms with E-state index in [1.54, 1.807) is 37.3 Å². The molecule has 6 nitrogen and oxygen atoms in total. The third-order valence-electron chi connectivity index (χ3n) is 8.07. The number of rotatable bonds is 10. The third kappa shape index (κ3) is 7.22. The molecule has 2 aromatic rings. The number of hydrogen-bond acceptors (Lipinski definition) is 4. The summed E-state index contributed by atoms with van der Waals surface area (Å²) in [6, 6.07) is 10.3. The minimum Gasteiger partial charge on any atom is -0.394 e. The van der Waals surface area contributed by atoms with E-state index in [4.69, 9.17) is 46.4 Å². The van der Waals surface area contributed by atoms with Crippen LogP contribution in [-0.2, 0) is 15.0 Å². The Morgan fingerprint density at radius 3 is 2.10 bits per heavy atom. The summed E-state index contributed by atoms with van der Waals surface area (Å²) in [5, 5.41) is 14.7. The number of nitrogens with one attached hydrogen (secondary N) is 1. The maximum atomic E-state index is 13.9. The minimum absolute atomic E-state index is 0.167. The zero-order valence-electron chi connectivity index (χ0n) is 22.2. The Bertz CT molecular complexity index is 1200. The molecule has 1 heterocycles. The lowest BCUT2D eigenvalue weighted by Gasteiger charge is -2.40. The van der Waals surface area contributed by atoms with Gasteiger partial charge in [0.15, 0.2) is 0 Å². The number of aliphatic hydroxyl groups is 1. The standard InChI is InChI=1S/C29H35Cl4N3O3/c1-18(38)36(21-5-6-21)22-9-12-35(13-10-22)14-11-29(2,20-4-8-24(31)26(33)16-20)28(39)34-27(17-37)19-3-7-23(30)25(32)15-19/h3-4,7-8,15-16,21-22,27,37H,5-6,9-14,17H2,1-2H3,(H,34,39)/t27-,29?/m1/s1. The van der Waals surface area contributed by atoms with E-state index in [2.05, 4.69) is 15.1 Å². The van der Waals surface area contributed by atoms with Crippen LogP contribution in [-0.4, -0.2) is 65.0 Å². The van der Waals surface area contributed by atoms with E-state index in [0.717, 1.165) is 44.3 Å². The second-order valence-corrected chi connectivity index (χ2v) is 12.5. The Labute approximate surface area is 250 Å². The maximum Gasteiger partial charge on any atom is 0.230 e. The van der Waals surface area contributed by atoms with Gasteiger partial charge in [-0.1, -0.05) is 58.5 Å². The van der Waals surface area contributed by atoms with Gasteiger partial charge in [0.25, 0.3) is 0 Å². The molecule has 10 heteroatoms. The summed E-state index contributed by atoms with van der Waals surface area (Å²) in [4.78, 5) is 30.6. The van der Waals surface area contributed by atoms with Crippen molar-refractivity contribution in [2.24, 2.45) is 0 Å². The van der Waals surface area contributed by atoms with Crippen molar-refractivity contribution in [1.29, 1.82) is 0 Å². The first kappa shape index (κ1) is 30.4. The summed E-state index contributed by atoms with van der Waals surface area (Å²) in [5.41, 5.74) is 0.449. The van der Waals surface area contributed by atoms with Crippen LogP contribution >= 0.6 is 46.4 Å². The van der Waals surface area contributed by atoms with Gasteiger partial charge >= 0.3 is 0 Å². The fourth-order valence-corrected chi connectivity index (χ4v) is 6.08. The molecule has 2 N–H and O–H groups in total. The highest BCUT2D eigenvalue weighted by molar-refractivity contribution is 6.42. The number of nitrogens with zero attached hydrogens (tertiary/aromatic N) is 2. The number of carbonyl (C=O) groups is 2. The van der Waals surface area contributed by atoms with Crippen LogP contribution in [0.1, 0.15) is 63.1 Å². The Morgan fingerprint density at radius 2 is 1.56 bits per heavy atom. The Balaban J connectivity index is 1.49. The Kier molecular flexibility index (Phi) is 10.1. The van der Waals surface area contributed by atoms with E-state index in [1.165, 1.54) is 0 Å². The van der Waals surface area contributed by atoms with E-state index in [9.17, 15) is 14.7 Å². The molecule has 1 unspecified atom stereocenters. The van der Waals surface area contributed by atoms with Gasteiger partial charge in [-0.3, -0.25) is 9.59 Å². The van der Waals surface area contributed by atoms with Crippen molar-refractivity contribution in [2.45, 2.75) is 69.5 Å². The number of likely N-dealkylation sites (tertiary alicyclic amines) is 1. The molecule has 1 aliphatic carbocycles. The van der Waals surface area contributed by atoms with E-state index in [0.29, 0.717) is 44.7 Å². The molecule has 1 saturated heterocycles. The van der Waals surface area contributed by atoms with E-state index in [-0.39, 0.29) is 24.5 Å². The van der Waals surface area contributed by atoms with Gasteiger partial charge in [-0.2, -0.15) is 0 Å². The number of aliphatic hydroxyl groups excluding tert-OH is 1. The number of benzene rings is 2. The fourth-order valence-electron chi connectivity index (χ4n) is 5.48. The molecular formula is C29H35Cl4N3O3. The van der Waals surface area contributed by atoms with Crippen molar-refractivity contribution in [1.82, 2.24) is 15.1 Å². The third-order valence-corrected chi connectivity index (χ3v) is 9.55. The van der Waals surface area contributed by atoms with Gasteiger partial charge in [0.2, 0.25) is 11.8 Å². The first-order chi connectivity index (χ1) is 18.5. The largest absolute Gasteiger partial charge is 0.394 e. The smallest absolute Gasteiger partial charge is 0.230 e. The van der Waals surface area contributed by atoms with Crippen molar-refractivity contribution in [3.05, 3.63) is 67.6 Å². The molecule has 0 radical (unpaired) electrons. The summed E-state index contributed by atoms with van der Waals surface area (Å²) in [5.74, 6) is -0.0717. The minimum atomic E-state index is -0.950. The Hall–Kier alpha value is -1.54. The van der Waals surface area contributed by atoms with Crippen LogP contribution in [0.5, 0.6) is 0 Å². The molecule has 2 fully saturated rings. The Morgan fingerprint density at radius 1 is 0.974 bits per heavy atom. The summed E-state index contributed by atoms with van der Waals surface area (Å²) >= 11 is 24.8. The number of carbonyl (C=O) groups excluding carboxylic acids is 2. The van der Waals surface area contributed by atoms with E-state index >= 15 is 0 Å². The molecule has 0 spiro atoms. The second-order valence-electron chi connectivity index (χ2n) is 10.8. The predicted octanol–water partition coefficient (Wildman–Crippen LogP) is 6.27. The molecule has 1 aliphatic heterocycles. The molecular weight excluding hydrogens is 580 g/mol. The molecule has 212 valence electrons. The van der Waals surface area contributed by atoms with Gasteiger partial charge in [0.1, 0.15) is 0 Å².